The first kappa shape index (κ1) is 13.2. The van der Waals surface area contributed by atoms with E-state index in [1.54, 1.807) is 29.8 Å². The zero-order valence-electron chi connectivity index (χ0n) is 10.0. The van der Waals surface area contributed by atoms with Crippen molar-refractivity contribution in [3.05, 3.63) is 27.9 Å². The van der Waals surface area contributed by atoms with Gasteiger partial charge < -0.3 is 10.1 Å². The molecule has 1 N–H and O–H groups in total. The Morgan fingerprint density at radius 2 is 2.39 bits per heavy atom. The van der Waals surface area contributed by atoms with Crippen LogP contribution >= 0.6 is 22.7 Å². The number of nitrogens with one attached hydrogen (secondary N) is 1. The smallest absolute Gasteiger partial charge is 0.226 e. The maximum Gasteiger partial charge on any atom is 0.226 e. The second-order valence-corrected chi connectivity index (χ2v) is 5.31. The zero-order valence-corrected chi connectivity index (χ0v) is 11.6. The normalized spacial score (nSPS) is 10.5. The molecule has 18 heavy (non-hydrogen) atoms. The zero-order chi connectivity index (χ0) is 12.8. The van der Waals surface area contributed by atoms with E-state index >= 15 is 0 Å². The van der Waals surface area contributed by atoms with E-state index in [0.717, 1.165) is 16.3 Å². The number of hydrogen-bond donors (Lipinski definition) is 1. The minimum Gasteiger partial charge on any atom is -0.383 e. The number of thiazole rings is 1. The van der Waals surface area contributed by atoms with Gasteiger partial charge in [0.15, 0.2) is 0 Å². The Labute approximate surface area is 114 Å². The number of amides is 1. The molecule has 0 aromatic carbocycles. The largest absolute Gasteiger partial charge is 0.383 e. The van der Waals surface area contributed by atoms with E-state index < -0.39 is 0 Å². The molecule has 0 unspecified atom stereocenters. The molecule has 0 fully saturated rings. The van der Waals surface area contributed by atoms with Crippen molar-refractivity contribution in [1.29, 1.82) is 0 Å². The minimum atomic E-state index is -0.0192. The summed E-state index contributed by atoms with van der Waals surface area (Å²) >= 11 is 3.21. The predicted octanol–water partition coefficient (Wildman–Crippen LogP) is 2.18. The van der Waals surface area contributed by atoms with Crippen LogP contribution in [0.3, 0.4) is 0 Å². The molecule has 0 radical (unpaired) electrons. The Bertz CT molecular complexity index is 494. The van der Waals surface area contributed by atoms with Crippen LogP contribution in [0.1, 0.15) is 5.69 Å². The van der Waals surface area contributed by atoms with Gasteiger partial charge in [0.2, 0.25) is 5.91 Å². The van der Waals surface area contributed by atoms with E-state index in [9.17, 15) is 4.79 Å². The Morgan fingerprint density at radius 3 is 3.11 bits per heavy atom. The number of nitrogens with zero attached hydrogens (tertiary/aromatic N) is 1. The lowest BCUT2D eigenvalue weighted by Crippen LogP contribution is -2.28. The van der Waals surface area contributed by atoms with E-state index in [2.05, 4.69) is 15.7 Å². The molecular weight excluding hydrogens is 268 g/mol. The summed E-state index contributed by atoms with van der Waals surface area (Å²) in [5, 5.41) is 9.76. The van der Waals surface area contributed by atoms with Crippen LogP contribution < -0.4 is 5.32 Å². The second kappa shape index (κ2) is 6.63. The highest BCUT2D eigenvalue weighted by Gasteiger charge is 2.08. The van der Waals surface area contributed by atoms with Crippen molar-refractivity contribution in [2.45, 2.75) is 6.42 Å². The van der Waals surface area contributed by atoms with Gasteiger partial charge in [0.05, 0.1) is 18.7 Å². The number of methoxy groups -OCH3 is 1. The van der Waals surface area contributed by atoms with E-state index in [1.807, 2.05) is 16.8 Å². The number of rotatable bonds is 6. The first-order chi connectivity index (χ1) is 8.79. The van der Waals surface area contributed by atoms with Gasteiger partial charge in [-0.2, -0.15) is 11.3 Å². The van der Waals surface area contributed by atoms with Crippen molar-refractivity contribution in [3.63, 3.8) is 0 Å². The molecule has 2 rings (SSSR count). The lowest BCUT2D eigenvalue weighted by atomic mass is 10.3. The fourth-order valence-corrected chi connectivity index (χ4v) is 2.96. The summed E-state index contributed by atoms with van der Waals surface area (Å²) in [5.74, 6) is -0.0192. The molecule has 0 saturated heterocycles. The second-order valence-electron chi connectivity index (χ2n) is 3.68. The predicted molar refractivity (Wildman–Crippen MR) is 74.0 cm³/mol. The monoisotopic (exact) mass is 282 g/mol. The maximum absolute atomic E-state index is 11.6. The third kappa shape index (κ3) is 3.63. The molecule has 0 atom stereocenters. The fourth-order valence-electron chi connectivity index (χ4n) is 1.43. The van der Waals surface area contributed by atoms with Gasteiger partial charge in [0.25, 0.3) is 0 Å². The van der Waals surface area contributed by atoms with Gasteiger partial charge in [-0.1, -0.05) is 0 Å². The van der Waals surface area contributed by atoms with Gasteiger partial charge >= 0.3 is 0 Å². The highest BCUT2D eigenvalue weighted by molar-refractivity contribution is 7.14. The first-order valence-corrected chi connectivity index (χ1v) is 7.34. The van der Waals surface area contributed by atoms with Crippen LogP contribution in [0, 0.1) is 0 Å². The van der Waals surface area contributed by atoms with Crippen molar-refractivity contribution in [2.75, 3.05) is 20.3 Å². The van der Waals surface area contributed by atoms with Crippen molar-refractivity contribution < 1.29 is 9.53 Å². The first-order valence-electron chi connectivity index (χ1n) is 5.52. The summed E-state index contributed by atoms with van der Waals surface area (Å²) in [7, 11) is 1.61. The molecule has 2 heterocycles. The molecule has 0 aliphatic carbocycles. The van der Waals surface area contributed by atoms with E-state index in [1.165, 1.54) is 0 Å². The van der Waals surface area contributed by atoms with Crippen molar-refractivity contribution >= 4 is 28.6 Å². The standard InChI is InChI=1S/C12H14N2O2S2/c1-16-4-3-13-11(15)6-10-8-18-12(14-10)9-2-5-17-7-9/h2,5,7-8H,3-4,6H2,1H3,(H,13,15). The molecule has 1 amide bonds. The molecule has 0 saturated carbocycles. The lowest BCUT2D eigenvalue weighted by Gasteiger charge is -2.02. The van der Waals surface area contributed by atoms with Crippen molar-refractivity contribution in [1.82, 2.24) is 10.3 Å². The van der Waals surface area contributed by atoms with Gasteiger partial charge in [-0.25, -0.2) is 4.98 Å². The van der Waals surface area contributed by atoms with Crippen LogP contribution in [-0.4, -0.2) is 31.2 Å². The van der Waals surface area contributed by atoms with Crippen LogP contribution in [0.25, 0.3) is 10.6 Å². The van der Waals surface area contributed by atoms with E-state index in [0.29, 0.717) is 19.6 Å². The van der Waals surface area contributed by atoms with Gasteiger partial charge in [0, 0.05) is 30.0 Å². The van der Waals surface area contributed by atoms with Gasteiger partial charge in [-0.05, 0) is 11.4 Å². The van der Waals surface area contributed by atoms with Crippen LogP contribution in [0.4, 0.5) is 0 Å². The topological polar surface area (TPSA) is 51.2 Å². The molecule has 0 spiro atoms. The van der Waals surface area contributed by atoms with Gasteiger partial charge in [0.1, 0.15) is 5.01 Å². The lowest BCUT2D eigenvalue weighted by molar-refractivity contribution is -0.120. The van der Waals surface area contributed by atoms with E-state index in [-0.39, 0.29) is 5.91 Å². The maximum atomic E-state index is 11.6. The molecule has 0 aliphatic rings. The average molecular weight is 282 g/mol. The Kier molecular flexibility index (Phi) is 4.86. The summed E-state index contributed by atoms with van der Waals surface area (Å²) in [6.07, 6.45) is 0.324. The summed E-state index contributed by atoms with van der Waals surface area (Å²) < 4.78 is 4.87. The molecule has 6 heteroatoms. The Balaban J connectivity index is 1.89. The SMILES string of the molecule is COCCNC(=O)Cc1csc(-c2ccsc2)n1. The average Bonchev–Trinajstić information content (AvgIpc) is 2.98. The molecule has 0 aliphatic heterocycles. The number of thiophene rings is 1. The van der Waals surface area contributed by atoms with Crippen molar-refractivity contribution in [3.8, 4) is 10.6 Å². The Morgan fingerprint density at radius 1 is 1.50 bits per heavy atom. The number of carbonyl (C=O) groups is 1. The summed E-state index contributed by atoms with van der Waals surface area (Å²) in [5.41, 5.74) is 1.94. The molecule has 2 aromatic heterocycles. The van der Waals surface area contributed by atoms with Crippen LogP contribution in [0.2, 0.25) is 0 Å². The molecule has 0 bridgehead atoms. The van der Waals surface area contributed by atoms with Gasteiger partial charge in [-0.15, -0.1) is 11.3 Å². The van der Waals surface area contributed by atoms with Crippen LogP contribution in [0.5, 0.6) is 0 Å². The Hall–Kier alpha value is -1.24. The van der Waals surface area contributed by atoms with Gasteiger partial charge in [-0.3, -0.25) is 4.79 Å². The minimum absolute atomic E-state index is 0.0192. The number of aromatic nitrogens is 1. The summed E-state index contributed by atoms with van der Waals surface area (Å²) in [6, 6.07) is 2.03. The highest BCUT2D eigenvalue weighted by atomic mass is 32.1. The molecule has 96 valence electrons. The highest BCUT2D eigenvalue weighted by Crippen LogP contribution is 2.25. The molecule has 2 aromatic rings. The third-order valence-electron chi connectivity index (χ3n) is 2.29. The molecule has 4 nitrogen and oxygen atoms in total. The van der Waals surface area contributed by atoms with Crippen LogP contribution in [0.15, 0.2) is 22.2 Å². The van der Waals surface area contributed by atoms with E-state index in [4.69, 9.17) is 4.74 Å². The fraction of sp³-hybridized carbons (Fsp3) is 0.333. The number of carbonyl (C=O) groups excluding carboxylic acids is 1. The molecular formula is C12H14N2O2S2. The number of ether oxygens (including phenoxy) is 1. The van der Waals surface area contributed by atoms with Crippen molar-refractivity contribution in [2.24, 2.45) is 0 Å². The quantitative estimate of drug-likeness (QED) is 0.826. The third-order valence-corrected chi connectivity index (χ3v) is 3.91. The summed E-state index contributed by atoms with van der Waals surface area (Å²) in [6.45, 7) is 1.07. The number of hydrogen-bond acceptors (Lipinski definition) is 5. The summed E-state index contributed by atoms with van der Waals surface area (Å²) in [4.78, 5) is 16.0. The van der Waals surface area contributed by atoms with Crippen LogP contribution in [-0.2, 0) is 16.0 Å².